The predicted octanol–water partition coefficient (Wildman–Crippen LogP) is 3.47. The Labute approximate surface area is 103 Å². The largest absolute Gasteiger partial charge is 0.396 e. The Kier molecular flexibility index (Phi) is 5.36. The lowest BCUT2D eigenvalue weighted by Crippen LogP contribution is -2.04. The minimum atomic E-state index is 0.291. The molecule has 0 aliphatic carbocycles. The quantitative estimate of drug-likeness (QED) is 0.847. The van der Waals surface area contributed by atoms with Gasteiger partial charge in [-0.05, 0) is 49.1 Å². The number of hydrogen-bond acceptors (Lipinski definition) is 2. The molecule has 0 heterocycles. The van der Waals surface area contributed by atoms with Gasteiger partial charge in [-0.15, -0.1) is 0 Å². The zero-order valence-electron chi connectivity index (χ0n) is 10.7. The molecule has 1 atom stereocenters. The first-order valence-electron chi connectivity index (χ1n) is 5.80. The van der Waals surface area contributed by atoms with E-state index in [-0.39, 0.29) is 0 Å². The smallest absolute Gasteiger partial charge is 0.0464 e. The molecule has 1 N–H and O–H groups in total. The molecule has 1 aromatic carbocycles. The van der Waals surface area contributed by atoms with E-state index in [0.29, 0.717) is 12.5 Å². The molecule has 2 heteroatoms. The van der Waals surface area contributed by atoms with Crippen molar-refractivity contribution in [1.29, 1.82) is 0 Å². The normalized spacial score (nSPS) is 12.8. The van der Waals surface area contributed by atoms with Crippen molar-refractivity contribution < 1.29 is 5.11 Å². The van der Waals surface area contributed by atoms with Crippen LogP contribution in [0.3, 0.4) is 0 Å². The molecule has 0 radical (unpaired) electrons. The molecule has 1 unspecified atom stereocenters. The molecule has 1 rings (SSSR count). The molecule has 1 nitrogen and oxygen atoms in total. The summed E-state index contributed by atoms with van der Waals surface area (Å²) in [6, 6.07) is 4.50. The minimum Gasteiger partial charge on any atom is -0.396 e. The number of aryl methyl sites for hydroxylation is 3. The second-order valence-electron chi connectivity index (χ2n) is 4.68. The van der Waals surface area contributed by atoms with Crippen molar-refractivity contribution >= 4 is 11.8 Å². The van der Waals surface area contributed by atoms with Crippen molar-refractivity contribution in [2.45, 2.75) is 33.4 Å². The Morgan fingerprint density at radius 3 is 2.25 bits per heavy atom. The average molecular weight is 238 g/mol. The van der Waals surface area contributed by atoms with Crippen LogP contribution >= 0.6 is 11.8 Å². The third kappa shape index (κ3) is 3.84. The van der Waals surface area contributed by atoms with Crippen LogP contribution in [0.15, 0.2) is 12.1 Å². The number of aliphatic hydroxyl groups is 1. The van der Waals surface area contributed by atoms with Crippen molar-refractivity contribution in [3.8, 4) is 0 Å². The Morgan fingerprint density at radius 2 is 1.75 bits per heavy atom. The number of hydrogen-bond donors (Lipinski definition) is 1. The van der Waals surface area contributed by atoms with E-state index >= 15 is 0 Å². The molecular weight excluding hydrogens is 216 g/mol. The molecule has 16 heavy (non-hydrogen) atoms. The van der Waals surface area contributed by atoms with Crippen LogP contribution in [0.4, 0.5) is 0 Å². The average Bonchev–Trinajstić information content (AvgIpc) is 2.21. The van der Waals surface area contributed by atoms with Crippen molar-refractivity contribution in [2.75, 3.05) is 12.4 Å². The molecule has 1 aromatic rings. The molecule has 0 saturated heterocycles. The van der Waals surface area contributed by atoms with E-state index in [4.69, 9.17) is 5.11 Å². The first-order chi connectivity index (χ1) is 7.54. The summed E-state index contributed by atoms with van der Waals surface area (Å²) in [4.78, 5) is 0. The van der Waals surface area contributed by atoms with Gasteiger partial charge in [0.25, 0.3) is 0 Å². The topological polar surface area (TPSA) is 20.2 Å². The summed E-state index contributed by atoms with van der Waals surface area (Å²) >= 11 is 1.91. The molecule has 0 spiro atoms. The SMILES string of the molecule is Cc1cc(C)c(CSCC(C)CO)c(C)c1. The standard InChI is InChI=1S/C14H22OS/c1-10-5-12(3)14(13(4)6-10)9-16-8-11(2)7-15/h5-6,11,15H,7-9H2,1-4H3. The predicted molar refractivity (Wildman–Crippen MR) is 73.1 cm³/mol. The monoisotopic (exact) mass is 238 g/mol. The minimum absolute atomic E-state index is 0.291. The van der Waals surface area contributed by atoms with E-state index in [9.17, 15) is 0 Å². The van der Waals surface area contributed by atoms with Gasteiger partial charge in [0, 0.05) is 12.4 Å². The molecule has 0 aromatic heterocycles. The second kappa shape index (κ2) is 6.31. The Hall–Kier alpha value is -0.470. The highest BCUT2D eigenvalue weighted by molar-refractivity contribution is 7.98. The van der Waals surface area contributed by atoms with Gasteiger partial charge in [0.15, 0.2) is 0 Å². The summed E-state index contributed by atoms with van der Waals surface area (Å²) in [6.07, 6.45) is 0. The molecule has 0 saturated carbocycles. The summed E-state index contributed by atoms with van der Waals surface area (Å²) in [5, 5.41) is 8.96. The van der Waals surface area contributed by atoms with Gasteiger partial charge >= 0.3 is 0 Å². The summed E-state index contributed by atoms with van der Waals surface area (Å²) in [5.41, 5.74) is 5.58. The summed E-state index contributed by atoms with van der Waals surface area (Å²) in [6.45, 7) is 8.89. The number of thioether (sulfide) groups is 1. The zero-order chi connectivity index (χ0) is 12.1. The summed E-state index contributed by atoms with van der Waals surface area (Å²) < 4.78 is 0. The van der Waals surface area contributed by atoms with Gasteiger partial charge in [0.05, 0.1) is 0 Å². The van der Waals surface area contributed by atoms with Crippen molar-refractivity contribution in [3.05, 3.63) is 34.4 Å². The van der Waals surface area contributed by atoms with Gasteiger partial charge in [0.1, 0.15) is 0 Å². The second-order valence-corrected chi connectivity index (χ2v) is 5.71. The van der Waals surface area contributed by atoms with Crippen LogP contribution < -0.4 is 0 Å². The maximum Gasteiger partial charge on any atom is 0.0464 e. The molecular formula is C14H22OS. The molecule has 0 aliphatic rings. The van der Waals surface area contributed by atoms with Crippen LogP contribution in [-0.2, 0) is 5.75 Å². The van der Waals surface area contributed by atoms with Crippen molar-refractivity contribution in [1.82, 2.24) is 0 Å². The fraction of sp³-hybridized carbons (Fsp3) is 0.571. The molecule has 0 bridgehead atoms. The van der Waals surface area contributed by atoms with Crippen LogP contribution in [0.2, 0.25) is 0 Å². The lowest BCUT2D eigenvalue weighted by molar-refractivity contribution is 0.250. The van der Waals surface area contributed by atoms with Crippen LogP contribution in [-0.4, -0.2) is 17.5 Å². The summed E-state index contributed by atoms with van der Waals surface area (Å²) in [5.74, 6) is 2.49. The maximum atomic E-state index is 8.96. The number of benzene rings is 1. The lowest BCUT2D eigenvalue weighted by atomic mass is 10.0. The zero-order valence-corrected chi connectivity index (χ0v) is 11.5. The number of aliphatic hydroxyl groups excluding tert-OH is 1. The summed E-state index contributed by atoms with van der Waals surface area (Å²) in [7, 11) is 0. The highest BCUT2D eigenvalue weighted by atomic mass is 32.2. The van der Waals surface area contributed by atoms with Gasteiger partial charge < -0.3 is 5.11 Å². The van der Waals surface area contributed by atoms with E-state index in [1.807, 2.05) is 11.8 Å². The Bertz CT molecular complexity index is 324. The van der Waals surface area contributed by atoms with Crippen molar-refractivity contribution in [2.24, 2.45) is 5.92 Å². The molecule has 0 amide bonds. The Morgan fingerprint density at radius 1 is 1.19 bits per heavy atom. The van der Waals surface area contributed by atoms with E-state index in [1.54, 1.807) is 0 Å². The van der Waals surface area contributed by atoms with E-state index in [1.165, 1.54) is 22.3 Å². The van der Waals surface area contributed by atoms with Gasteiger partial charge in [-0.2, -0.15) is 11.8 Å². The van der Waals surface area contributed by atoms with Gasteiger partial charge in [-0.3, -0.25) is 0 Å². The fourth-order valence-corrected chi connectivity index (χ4v) is 3.14. The molecule has 0 fully saturated rings. The third-order valence-corrected chi connectivity index (χ3v) is 4.10. The molecule has 90 valence electrons. The van der Waals surface area contributed by atoms with Gasteiger partial charge in [0.2, 0.25) is 0 Å². The van der Waals surface area contributed by atoms with Gasteiger partial charge in [-0.25, -0.2) is 0 Å². The van der Waals surface area contributed by atoms with Crippen LogP contribution in [0.1, 0.15) is 29.2 Å². The highest BCUT2D eigenvalue weighted by Crippen LogP contribution is 2.22. The van der Waals surface area contributed by atoms with Gasteiger partial charge in [-0.1, -0.05) is 24.6 Å². The third-order valence-electron chi connectivity index (χ3n) is 2.80. The van der Waals surface area contributed by atoms with Crippen LogP contribution in [0, 0.1) is 26.7 Å². The Balaban J connectivity index is 2.60. The van der Waals surface area contributed by atoms with Crippen molar-refractivity contribution in [3.63, 3.8) is 0 Å². The lowest BCUT2D eigenvalue weighted by Gasteiger charge is -2.12. The van der Waals surface area contributed by atoms with Crippen LogP contribution in [0.5, 0.6) is 0 Å². The highest BCUT2D eigenvalue weighted by Gasteiger charge is 2.05. The first-order valence-corrected chi connectivity index (χ1v) is 6.95. The number of rotatable bonds is 5. The first kappa shape index (κ1) is 13.6. The van der Waals surface area contributed by atoms with Crippen LogP contribution in [0.25, 0.3) is 0 Å². The maximum absolute atomic E-state index is 8.96. The van der Waals surface area contributed by atoms with E-state index in [2.05, 4.69) is 39.8 Å². The van der Waals surface area contributed by atoms with E-state index in [0.717, 1.165) is 11.5 Å². The van der Waals surface area contributed by atoms with E-state index < -0.39 is 0 Å². The molecule has 0 aliphatic heterocycles. The fourth-order valence-electron chi connectivity index (χ4n) is 1.85.